The molecular weight excluding hydrogens is 295 g/mol. The highest BCUT2D eigenvalue weighted by molar-refractivity contribution is 5.94. The molecule has 0 aliphatic heterocycles. The Morgan fingerprint density at radius 1 is 1.22 bits per heavy atom. The van der Waals surface area contributed by atoms with Crippen molar-refractivity contribution in [2.24, 2.45) is 10.9 Å². The summed E-state index contributed by atoms with van der Waals surface area (Å²) in [6.45, 7) is 2.39. The second-order valence-corrected chi connectivity index (χ2v) is 6.08. The summed E-state index contributed by atoms with van der Waals surface area (Å²) in [6.07, 6.45) is 4.70. The van der Waals surface area contributed by atoms with Gasteiger partial charge in [0.2, 0.25) is 5.91 Å². The smallest absolute Gasteiger partial charge is 0.243 e. The van der Waals surface area contributed by atoms with E-state index in [4.69, 9.17) is 0 Å². The van der Waals surface area contributed by atoms with Crippen LogP contribution in [0.4, 0.5) is 10.1 Å². The molecule has 1 saturated carbocycles. The molecule has 0 heterocycles. The average molecular weight is 320 g/mol. The Morgan fingerprint density at radius 2 is 1.87 bits per heavy atom. The number of guanidine groups is 1. The van der Waals surface area contributed by atoms with E-state index in [1.807, 2.05) is 0 Å². The van der Waals surface area contributed by atoms with E-state index in [1.54, 1.807) is 7.05 Å². The van der Waals surface area contributed by atoms with Crippen molar-refractivity contribution < 1.29 is 9.18 Å². The summed E-state index contributed by atoms with van der Waals surface area (Å²) >= 11 is 0. The zero-order chi connectivity index (χ0) is 16.7. The van der Waals surface area contributed by atoms with E-state index in [9.17, 15) is 9.18 Å². The van der Waals surface area contributed by atoms with E-state index in [-0.39, 0.29) is 18.3 Å². The van der Waals surface area contributed by atoms with Gasteiger partial charge < -0.3 is 16.0 Å². The van der Waals surface area contributed by atoms with Crippen molar-refractivity contribution in [3.63, 3.8) is 0 Å². The zero-order valence-corrected chi connectivity index (χ0v) is 13.7. The van der Waals surface area contributed by atoms with Gasteiger partial charge in [0.25, 0.3) is 0 Å². The summed E-state index contributed by atoms with van der Waals surface area (Å²) in [5.74, 6) is 0.910. The lowest BCUT2D eigenvalue weighted by Gasteiger charge is -2.28. The summed E-state index contributed by atoms with van der Waals surface area (Å²) in [7, 11) is 1.69. The third-order valence-corrected chi connectivity index (χ3v) is 4.12. The fourth-order valence-electron chi connectivity index (χ4n) is 2.69. The number of aliphatic imine (C=N–C) groups is 1. The maximum atomic E-state index is 12.8. The van der Waals surface area contributed by atoms with Crippen molar-refractivity contribution in [3.05, 3.63) is 30.1 Å². The van der Waals surface area contributed by atoms with Crippen LogP contribution in [0.1, 0.15) is 32.6 Å². The number of nitrogens with one attached hydrogen (secondary N) is 3. The average Bonchev–Trinajstić information content (AvgIpc) is 2.55. The van der Waals surface area contributed by atoms with E-state index in [0.29, 0.717) is 17.7 Å². The van der Waals surface area contributed by atoms with E-state index in [2.05, 4.69) is 27.9 Å². The van der Waals surface area contributed by atoms with Gasteiger partial charge in [-0.25, -0.2) is 4.39 Å². The Kier molecular flexibility index (Phi) is 6.38. The van der Waals surface area contributed by atoms with Crippen LogP contribution in [0.3, 0.4) is 0 Å². The molecule has 126 valence electrons. The first-order chi connectivity index (χ1) is 11.1. The third kappa shape index (κ3) is 5.88. The van der Waals surface area contributed by atoms with Crippen LogP contribution in [0.15, 0.2) is 29.3 Å². The SMILES string of the molecule is CN=C(NCC(=O)Nc1ccc(F)cc1)NC1CCC(C)CC1. The number of halogens is 1. The zero-order valence-electron chi connectivity index (χ0n) is 13.7. The first-order valence-corrected chi connectivity index (χ1v) is 8.09. The Balaban J connectivity index is 1.74. The number of benzene rings is 1. The topological polar surface area (TPSA) is 65.5 Å². The lowest BCUT2D eigenvalue weighted by Crippen LogP contribution is -2.46. The molecule has 0 bridgehead atoms. The van der Waals surface area contributed by atoms with Crippen LogP contribution in [0.25, 0.3) is 0 Å². The van der Waals surface area contributed by atoms with Crippen molar-refractivity contribution in [2.75, 3.05) is 18.9 Å². The van der Waals surface area contributed by atoms with Gasteiger partial charge in [-0.05, 0) is 55.9 Å². The lowest BCUT2D eigenvalue weighted by molar-refractivity contribution is -0.115. The Labute approximate surface area is 136 Å². The third-order valence-electron chi connectivity index (χ3n) is 4.12. The number of rotatable bonds is 4. The second-order valence-electron chi connectivity index (χ2n) is 6.08. The molecule has 0 unspecified atom stereocenters. The molecule has 2 rings (SSSR count). The molecule has 1 fully saturated rings. The Hall–Kier alpha value is -2.11. The molecule has 1 aliphatic rings. The van der Waals surface area contributed by atoms with Crippen LogP contribution in [0, 0.1) is 11.7 Å². The van der Waals surface area contributed by atoms with E-state index >= 15 is 0 Å². The molecule has 1 aromatic carbocycles. The highest BCUT2D eigenvalue weighted by atomic mass is 19.1. The molecule has 1 aromatic rings. The van der Waals surface area contributed by atoms with Crippen LogP contribution in [0.5, 0.6) is 0 Å². The predicted octanol–water partition coefficient (Wildman–Crippen LogP) is 2.51. The molecule has 0 spiro atoms. The molecule has 3 N–H and O–H groups in total. The lowest BCUT2D eigenvalue weighted by atomic mass is 9.87. The summed E-state index contributed by atoms with van der Waals surface area (Å²) in [5, 5.41) is 9.08. The molecule has 23 heavy (non-hydrogen) atoms. The summed E-state index contributed by atoms with van der Waals surface area (Å²) in [6, 6.07) is 6.10. The molecule has 0 radical (unpaired) electrons. The number of hydrogen-bond acceptors (Lipinski definition) is 2. The van der Waals surface area contributed by atoms with Crippen molar-refractivity contribution in [2.45, 2.75) is 38.6 Å². The summed E-state index contributed by atoms with van der Waals surface area (Å²) < 4.78 is 12.8. The molecule has 1 amide bonds. The van der Waals surface area contributed by atoms with Gasteiger partial charge in [-0.2, -0.15) is 0 Å². The number of carbonyl (C=O) groups is 1. The molecule has 0 aromatic heterocycles. The second kappa shape index (κ2) is 8.50. The van der Waals surface area contributed by atoms with Gasteiger partial charge in [-0.15, -0.1) is 0 Å². The Bertz CT molecular complexity index is 536. The first-order valence-electron chi connectivity index (χ1n) is 8.09. The first kappa shape index (κ1) is 17.2. The standard InChI is InChI=1S/C17H25FN4O/c1-12-3-7-15(8-4-12)22-17(19-2)20-11-16(23)21-14-9-5-13(18)6-10-14/h5-6,9-10,12,15H,3-4,7-8,11H2,1-2H3,(H,21,23)(H2,19,20,22). The number of nitrogens with zero attached hydrogens (tertiary/aromatic N) is 1. The van der Waals surface area contributed by atoms with Crippen molar-refractivity contribution in [3.8, 4) is 0 Å². The van der Waals surface area contributed by atoms with E-state index < -0.39 is 0 Å². The fraction of sp³-hybridized carbons (Fsp3) is 0.529. The minimum atomic E-state index is -0.326. The van der Waals surface area contributed by atoms with Gasteiger partial charge in [0.05, 0.1) is 6.54 Å². The van der Waals surface area contributed by atoms with Crippen LogP contribution < -0.4 is 16.0 Å². The van der Waals surface area contributed by atoms with E-state index in [1.165, 1.54) is 37.1 Å². The summed E-state index contributed by atoms with van der Waals surface area (Å²) in [5.41, 5.74) is 0.572. The van der Waals surface area contributed by atoms with Crippen LogP contribution in [-0.4, -0.2) is 31.5 Å². The molecule has 1 aliphatic carbocycles. The van der Waals surface area contributed by atoms with Gasteiger partial charge in [-0.3, -0.25) is 9.79 Å². The number of anilines is 1. The Morgan fingerprint density at radius 3 is 2.48 bits per heavy atom. The van der Waals surface area contributed by atoms with Crippen molar-refractivity contribution in [1.82, 2.24) is 10.6 Å². The van der Waals surface area contributed by atoms with Crippen LogP contribution >= 0.6 is 0 Å². The maximum Gasteiger partial charge on any atom is 0.243 e. The molecule has 0 atom stereocenters. The van der Waals surface area contributed by atoms with Crippen LogP contribution in [0.2, 0.25) is 0 Å². The quantitative estimate of drug-likeness (QED) is 0.590. The van der Waals surface area contributed by atoms with Gasteiger partial charge in [0.1, 0.15) is 5.82 Å². The van der Waals surface area contributed by atoms with E-state index in [0.717, 1.165) is 18.8 Å². The fourth-order valence-corrected chi connectivity index (χ4v) is 2.69. The van der Waals surface area contributed by atoms with Gasteiger partial charge in [-0.1, -0.05) is 6.92 Å². The maximum absolute atomic E-state index is 12.8. The number of hydrogen-bond donors (Lipinski definition) is 3. The molecule has 6 heteroatoms. The highest BCUT2D eigenvalue weighted by Gasteiger charge is 2.19. The predicted molar refractivity (Wildman–Crippen MR) is 90.9 cm³/mol. The summed E-state index contributed by atoms with van der Waals surface area (Å²) in [4.78, 5) is 16.1. The molecule has 0 saturated heterocycles. The van der Waals surface area contributed by atoms with Crippen LogP contribution in [-0.2, 0) is 4.79 Å². The minimum absolute atomic E-state index is 0.111. The highest BCUT2D eigenvalue weighted by Crippen LogP contribution is 2.23. The monoisotopic (exact) mass is 320 g/mol. The minimum Gasteiger partial charge on any atom is -0.354 e. The molecule has 5 nitrogen and oxygen atoms in total. The largest absolute Gasteiger partial charge is 0.354 e. The molecular formula is C17H25FN4O. The van der Waals surface area contributed by atoms with Crippen molar-refractivity contribution >= 4 is 17.6 Å². The number of amides is 1. The normalized spacial score (nSPS) is 21.6. The van der Waals surface area contributed by atoms with Gasteiger partial charge in [0.15, 0.2) is 5.96 Å². The van der Waals surface area contributed by atoms with Gasteiger partial charge >= 0.3 is 0 Å². The number of carbonyl (C=O) groups excluding carboxylic acids is 1. The van der Waals surface area contributed by atoms with Crippen molar-refractivity contribution in [1.29, 1.82) is 0 Å². The van der Waals surface area contributed by atoms with Gasteiger partial charge in [0, 0.05) is 18.8 Å².